The number of hydrogen-bond acceptors (Lipinski definition) is 3. The smallest absolute Gasteiger partial charge is 0.127 e. The molecule has 0 radical (unpaired) electrons. The largest absolute Gasteiger partial charge is 0.497 e. The first-order valence-electron chi connectivity index (χ1n) is 6.72. The van der Waals surface area contributed by atoms with Crippen molar-refractivity contribution < 1.29 is 13.9 Å². The first kappa shape index (κ1) is 15.3. The highest BCUT2D eigenvalue weighted by Gasteiger charge is 2.19. The van der Waals surface area contributed by atoms with Crippen molar-refractivity contribution >= 4 is 0 Å². The monoisotopic (exact) mass is 289 g/mol. The fourth-order valence-corrected chi connectivity index (χ4v) is 2.64. The van der Waals surface area contributed by atoms with Crippen molar-refractivity contribution in [2.24, 2.45) is 5.73 Å². The Morgan fingerprint density at radius 2 is 1.62 bits per heavy atom. The molecule has 2 N–H and O–H groups in total. The number of rotatable bonds is 4. The van der Waals surface area contributed by atoms with Crippen LogP contribution in [0.4, 0.5) is 4.39 Å². The van der Waals surface area contributed by atoms with E-state index < -0.39 is 0 Å². The van der Waals surface area contributed by atoms with Crippen LogP contribution in [0.15, 0.2) is 30.3 Å². The maximum absolute atomic E-state index is 13.4. The van der Waals surface area contributed by atoms with Gasteiger partial charge in [-0.15, -0.1) is 0 Å². The van der Waals surface area contributed by atoms with Crippen LogP contribution in [0.2, 0.25) is 0 Å². The third-order valence-corrected chi connectivity index (χ3v) is 3.65. The molecule has 0 aliphatic rings. The summed E-state index contributed by atoms with van der Waals surface area (Å²) >= 11 is 0. The summed E-state index contributed by atoms with van der Waals surface area (Å²) in [5.74, 6) is 1.11. The zero-order valence-corrected chi connectivity index (χ0v) is 12.7. The molecule has 112 valence electrons. The van der Waals surface area contributed by atoms with E-state index in [9.17, 15) is 4.39 Å². The van der Waals surface area contributed by atoms with Crippen molar-refractivity contribution in [3.63, 3.8) is 0 Å². The third kappa shape index (κ3) is 3.00. The topological polar surface area (TPSA) is 44.5 Å². The van der Waals surface area contributed by atoms with Crippen LogP contribution in [-0.2, 0) is 0 Å². The SMILES string of the molecule is COc1ccc(C(N)c2c(C)cc(F)cc2C)c(OC)c1. The molecule has 2 aromatic carbocycles. The van der Waals surface area contributed by atoms with Gasteiger partial charge in [0.25, 0.3) is 0 Å². The second-order valence-electron chi connectivity index (χ2n) is 5.04. The Morgan fingerprint density at radius 3 is 2.14 bits per heavy atom. The molecule has 1 atom stereocenters. The first-order valence-corrected chi connectivity index (χ1v) is 6.72. The normalized spacial score (nSPS) is 12.1. The predicted octanol–water partition coefficient (Wildman–Crippen LogP) is 3.51. The maximum Gasteiger partial charge on any atom is 0.127 e. The van der Waals surface area contributed by atoms with Crippen LogP contribution >= 0.6 is 0 Å². The van der Waals surface area contributed by atoms with Crippen molar-refractivity contribution in [2.75, 3.05) is 14.2 Å². The minimum atomic E-state index is -0.383. The Labute approximate surface area is 124 Å². The summed E-state index contributed by atoms with van der Waals surface area (Å²) in [5, 5.41) is 0. The van der Waals surface area contributed by atoms with E-state index in [2.05, 4.69) is 0 Å². The Bertz CT molecular complexity index is 632. The van der Waals surface area contributed by atoms with Gasteiger partial charge in [-0.25, -0.2) is 4.39 Å². The van der Waals surface area contributed by atoms with Crippen LogP contribution in [0.1, 0.15) is 28.3 Å². The molecule has 0 bridgehead atoms. The number of methoxy groups -OCH3 is 2. The van der Waals surface area contributed by atoms with Crippen LogP contribution in [0.3, 0.4) is 0 Å². The van der Waals surface area contributed by atoms with Crippen LogP contribution in [0, 0.1) is 19.7 Å². The van der Waals surface area contributed by atoms with Gasteiger partial charge in [0, 0.05) is 11.6 Å². The van der Waals surface area contributed by atoms with Crippen LogP contribution < -0.4 is 15.2 Å². The summed E-state index contributed by atoms with van der Waals surface area (Å²) < 4.78 is 24.0. The summed E-state index contributed by atoms with van der Waals surface area (Å²) in [7, 11) is 3.19. The Morgan fingerprint density at radius 1 is 1.00 bits per heavy atom. The maximum atomic E-state index is 13.4. The van der Waals surface area contributed by atoms with Gasteiger partial charge in [0.1, 0.15) is 17.3 Å². The average Bonchev–Trinajstić information content (AvgIpc) is 2.45. The minimum Gasteiger partial charge on any atom is -0.497 e. The molecule has 21 heavy (non-hydrogen) atoms. The fourth-order valence-electron chi connectivity index (χ4n) is 2.64. The van der Waals surface area contributed by atoms with Crippen molar-refractivity contribution in [1.29, 1.82) is 0 Å². The summed E-state index contributed by atoms with van der Waals surface area (Å²) in [6.07, 6.45) is 0. The van der Waals surface area contributed by atoms with E-state index in [1.165, 1.54) is 12.1 Å². The molecule has 0 amide bonds. The molecule has 0 spiro atoms. The Kier molecular flexibility index (Phi) is 4.48. The molecular weight excluding hydrogens is 269 g/mol. The predicted molar refractivity (Wildman–Crippen MR) is 81.5 cm³/mol. The van der Waals surface area contributed by atoms with E-state index in [1.807, 2.05) is 26.0 Å². The van der Waals surface area contributed by atoms with Gasteiger partial charge < -0.3 is 15.2 Å². The van der Waals surface area contributed by atoms with Crippen LogP contribution in [-0.4, -0.2) is 14.2 Å². The Hall–Kier alpha value is -2.07. The standard InChI is InChI=1S/C17H20FNO2/c1-10-7-12(18)8-11(2)16(10)17(19)14-6-5-13(20-3)9-15(14)21-4/h5-9,17H,19H2,1-4H3. The van der Waals surface area contributed by atoms with Gasteiger partial charge in [-0.05, 0) is 54.8 Å². The summed E-state index contributed by atoms with van der Waals surface area (Å²) in [6, 6.07) is 8.13. The van der Waals surface area contributed by atoms with Crippen molar-refractivity contribution in [2.45, 2.75) is 19.9 Å². The number of hydrogen-bond donors (Lipinski definition) is 1. The molecule has 2 aromatic rings. The van der Waals surface area contributed by atoms with Crippen LogP contribution in [0.25, 0.3) is 0 Å². The molecule has 2 rings (SSSR count). The van der Waals surface area contributed by atoms with E-state index in [-0.39, 0.29) is 11.9 Å². The molecule has 1 unspecified atom stereocenters. The average molecular weight is 289 g/mol. The van der Waals surface area contributed by atoms with Gasteiger partial charge >= 0.3 is 0 Å². The third-order valence-electron chi connectivity index (χ3n) is 3.65. The van der Waals surface area contributed by atoms with E-state index in [0.717, 1.165) is 22.3 Å². The van der Waals surface area contributed by atoms with Crippen molar-refractivity contribution in [3.8, 4) is 11.5 Å². The number of halogens is 1. The lowest BCUT2D eigenvalue weighted by Gasteiger charge is -2.20. The van der Waals surface area contributed by atoms with E-state index in [0.29, 0.717) is 11.5 Å². The van der Waals surface area contributed by atoms with Crippen LogP contribution in [0.5, 0.6) is 11.5 Å². The van der Waals surface area contributed by atoms with E-state index >= 15 is 0 Å². The van der Waals surface area contributed by atoms with Gasteiger partial charge in [-0.1, -0.05) is 0 Å². The molecule has 3 nitrogen and oxygen atoms in total. The van der Waals surface area contributed by atoms with Gasteiger partial charge in [-0.2, -0.15) is 0 Å². The number of aryl methyl sites for hydroxylation is 2. The van der Waals surface area contributed by atoms with Crippen molar-refractivity contribution in [1.82, 2.24) is 0 Å². The lowest BCUT2D eigenvalue weighted by atomic mass is 9.91. The Balaban J connectivity index is 2.52. The molecule has 0 aliphatic heterocycles. The summed E-state index contributed by atoms with van der Waals surface area (Å²) in [5.41, 5.74) is 9.82. The zero-order valence-electron chi connectivity index (χ0n) is 12.7. The van der Waals surface area contributed by atoms with Gasteiger partial charge in [0.2, 0.25) is 0 Å². The fraction of sp³-hybridized carbons (Fsp3) is 0.294. The highest BCUT2D eigenvalue weighted by atomic mass is 19.1. The molecular formula is C17H20FNO2. The molecule has 0 heterocycles. The molecule has 0 aliphatic carbocycles. The summed E-state index contributed by atoms with van der Waals surface area (Å²) in [4.78, 5) is 0. The first-order chi connectivity index (χ1) is 9.97. The molecule has 0 saturated carbocycles. The van der Waals surface area contributed by atoms with Gasteiger partial charge in [-0.3, -0.25) is 0 Å². The lowest BCUT2D eigenvalue weighted by molar-refractivity contribution is 0.390. The van der Waals surface area contributed by atoms with Gasteiger partial charge in [0.15, 0.2) is 0 Å². The second-order valence-corrected chi connectivity index (χ2v) is 5.04. The van der Waals surface area contributed by atoms with E-state index in [4.69, 9.17) is 15.2 Å². The van der Waals surface area contributed by atoms with Gasteiger partial charge in [0.05, 0.1) is 20.3 Å². The molecule has 0 aromatic heterocycles. The van der Waals surface area contributed by atoms with E-state index in [1.54, 1.807) is 20.3 Å². The summed E-state index contributed by atoms with van der Waals surface area (Å²) in [6.45, 7) is 3.72. The highest BCUT2D eigenvalue weighted by Crippen LogP contribution is 2.34. The lowest BCUT2D eigenvalue weighted by Crippen LogP contribution is -2.16. The number of ether oxygens (including phenoxy) is 2. The zero-order chi connectivity index (χ0) is 15.6. The molecule has 0 saturated heterocycles. The minimum absolute atomic E-state index is 0.248. The highest BCUT2D eigenvalue weighted by molar-refractivity contribution is 5.49. The second kappa shape index (κ2) is 6.14. The number of benzene rings is 2. The molecule has 0 fully saturated rings. The number of nitrogens with two attached hydrogens (primary N) is 1. The quantitative estimate of drug-likeness (QED) is 0.936. The van der Waals surface area contributed by atoms with Crippen molar-refractivity contribution in [3.05, 3.63) is 58.4 Å². The molecule has 4 heteroatoms.